The number of rotatable bonds is 4. The standard InChI is InChI=1S/C13H11ClN4OS/c1-8-17-18-12(19-8)9-3-2-4-10(5-9)15-6-11-7-16-13(14)20-11/h2-5,7,15H,6H2,1H3. The Kier molecular flexibility index (Phi) is 3.66. The summed E-state index contributed by atoms with van der Waals surface area (Å²) in [6.45, 7) is 2.45. The summed E-state index contributed by atoms with van der Waals surface area (Å²) < 4.78 is 5.97. The van der Waals surface area contributed by atoms with E-state index in [0.717, 1.165) is 16.1 Å². The Hall–Kier alpha value is -1.92. The van der Waals surface area contributed by atoms with Crippen molar-refractivity contribution in [2.24, 2.45) is 0 Å². The predicted octanol–water partition coefficient (Wildman–Crippen LogP) is 3.77. The third-order valence-corrected chi connectivity index (χ3v) is 3.74. The summed E-state index contributed by atoms with van der Waals surface area (Å²) >= 11 is 7.26. The number of hydrogen-bond acceptors (Lipinski definition) is 6. The largest absolute Gasteiger partial charge is 0.421 e. The highest BCUT2D eigenvalue weighted by molar-refractivity contribution is 7.15. The summed E-state index contributed by atoms with van der Waals surface area (Å²) in [5.41, 5.74) is 1.86. The Morgan fingerprint density at radius 2 is 2.25 bits per heavy atom. The number of nitrogens with zero attached hydrogens (tertiary/aromatic N) is 3. The van der Waals surface area contributed by atoms with Crippen molar-refractivity contribution in [3.63, 3.8) is 0 Å². The molecule has 1 N–H and O–H groups in total. The molecule has 0 radical (unpaired) electrons. The first kappa shape index (κ1) is 13.1. The van der Waals surface area contributed by atoms with E-state index in [2.05, 4.69) is 20.5 Å². The van der Waals surface area contributed by atoms with Gasteiger partial charge in [-0.3, -0.25) is 0 Å². The lowest BCUT2D eigenvalue weighted by Gasteiger charge is -2.05. The minimum absolute atomic E-state index is 0.520. The van der Waals surface area contributed by atoms with Crippen LogP contribution >= 0.6 is 22.9 Å². The van der Waals surface area contributed by atoms with E-state index in [1.807, 2.05) is 24.3 Å². The monoisotopic (exact) mass is 306 g/mol. The average molecular weight is 307 g/mol. The quantitative estimate of drug-likeness (QED) is 0.795. The van der Waals surface area contributed by atoms with E-state index in [4.69, 9.17) is 16.0 Å². The van der Waals surface area contributed by atoms with E-state index in [-0.39, 0.29) is 0 Å². The third kappa shape index (κ3) is 2.97. The van der Waals surface area contributed by atoms with Gasteiger partial charge in [0.25, 0.3) is 0 Å². The number of aromatic nitrogens is 3. The van der Waals surface area contributed by atoms with Gasteiger partial charge in [-0.25, -0.2) is 4.98 Å². The van der Waals surface area contributed by atoms with Crippen LogP contribution < -0.4 is 5.32 Å². The normalized spacial score (nSPS) is 10.7. The number of benzene rings is 1. The number of halogens is 1. The second kappa shape index (κ2) is 5.60. The summed E-state index contributed by atoms with van der Waals surface area (Å²) in [6, 6.07) is 7.82. The fourth-order valence-electron chi connectivity index (χ4n) is 1.73. The van der Waals surface area contributed by atoms with Crippen molar-refractivity contribution < 1.29 is 4.42 Å². The van der Waals surface area contributed by atoms with Crippen molar-refractivity contribution in [2.75, 3.05) is 5.32 Å². The van der Waals surface area contributed by atoms with Crippen LogP contribution in [0.5, 0.6) is 0 Å². The van der Waals surface area contributed by atoms with Crippen LogP contribution in [0.15, 0.2) is 34.9 Å². The molecule has 3 rings (SSSR count). The molecular weight excluding hydrogens is 296 g/mol. The van der Waals surface area contributed by atoms with Gasteiger partial charge in [0.15, 0.2) is 4.47 Å². The molecule has 0 unspecified atom stereocenters. The molecule has 0 spiro atoms. The van der Waals surface area contributed by atoms with E-state index in [0.29, 0.717) is 22.8 Å². The van der Waals surface area contributed by atoms with Crippen LogP contribution in [0.3, 0.4) is 0 Å². The SMILES string of the molecule is Cc1nnc(-c2cccc(NCc3cnc(Cl)s3)c2)o1. The van der Waals surface area contributed by atoms with Crippen LogP contribution in [0, 0.1) is 6.92 Å². The van der Waals surface area contributed by atoms with Gasteiger partial charge < -0.3 is 9.73 Å². The first-order valence-electron chi connectivity index (χ1n) is 5.95. The first-order chi connectivity index (χ1) is 9.70. The van der Waals surface area contributed by atoms with Gasteiger partial charge in [0, 0.05) is 29.2 Å². The van der Waals surface area contributed by atoms with Crippen LogP contribution in [-0.2, 0) is 6.54 Å². The summed E-state index contributed by atoms with van der Waals surface area (Å²) in [5, 5.41) is 11.2. The highest BCUT2D eigenvalue weighted by Gasteiger charge is 2.06. The molecular formula is C13H11ClN4OS. The molecule has 0 aliphatic heterocycles. The molecule has 2 heterocycles. The molecule has 1 aromatic carbocycles. The highest BCUT2D eigenvalue weighted by atomic mass is 35.5. The lowest BCUT2D eigenvalue weighted by Crippen LogP contribution is -1.97. The Morgan fingerprint density at radius 1 is 1.35 bits per heavy atom. The minimum atomic E-state index is 0.520. The summed E-state index contributed by atoms with van der Waals surface area (Å²) in [6.07, 6.45) is 1.77. The van der Waals surface area contributed by atoms with Gasteiger partial charge >= 0.3 is 0 Å². The number of anilines is 1. The Morgan fingerprint density at radius 3 is 2.95 bits per heavy atom. The van der Waals surface area contributed by atoms with Crippen LogP contribution in [0.1, 0.15) is 10.8 Å². The third-order valence-electron chi connectivity index (χ3n) is 2.63. The molecule has 3 aromatic rings. The summed E-state index contributed by atoms with van der Waals surface area (Å²) in [4.78, 5) is 5.09. The molecule has 0 aliphatic rings. The molecule has 7 heteroatoms. The molecule has 0 saturated heterocycles. The molecule has 5 nitrogen and oxygen atoms in total. The van der Waals surface area contributed by atoms with E-state index in [1.54, 1.807) is 13.1 Å². The van der Waals surface area contributed by atoms with Gasteiger partial charge in [0.1, 0.15) is 0 Å². The van der Waals surface area contributed by atoms with Crippen LogP contribution in [0.25, 0.3) is 11.5 Å². The molecule has 102 valence electrons. The van der Waals surface area contributed by atoms with Crippen LogP contribution in [0.2, 0.25) is 4.47 Å². The first-order valence-corrected chi connectivity index (χ1v) is 7.15. The van der Waals surface area contributed by atoms with Crippen molar-refractivity contribution in [1.29, 1.82) is 0 Å². The minimum Gasteiger partial charge on any atom is -0.421 e. The molecule has 0 bridgehead atoms. The van der Waals surface area contributed by atoms with E-state index < -0.39 is 0 Å². The lowest BCUT2D eigenvalue weighted by molar-refractivity contribution is 0.533. The van der Waals surface area contributed by atoms with Crippen LogP contribution in [0.4, 0.5) is 5.69 Å². The number of aryl methyl sites for hydroxylation is 1. The molecule has 20 heavy (non-hydrogen) atoms. The average Bonchev–Trinajstić information content (AvgIpc) is 3.06. The van der Waals surface area contributed by atoms with Crippen LogP contribution in [-0.4, -0.2) is 15.2 Å². The molecule has 0 fully saturated rings. The van der Waals surface area contributed by atoms with E-state index in [1.165, 1.54) is 11.3 Å². The number of hydrogen-bond donors (Lipinski definition) is 1. The smallest absolute Gasteiger partial charge is 0.247 e. The number of nitrogens with one attached hydrogen (secondary N) is 1. The Balaban J connectivity index is 1.74. The van der Waals surface area contributed by atoms with Gasteiger partial charge in [-0.1, -0.05) is 17.7 Å². The fraction of sp³-hybridized carbons (Fsp3) is 0.154. The topological polar surface area (TPSA) is 63.8 Å². The second-order valence-corrected chi connectivity index (χ2v) is 5.84. The maximum absolute atomic E-state index is 5.80. The fourth-order valence-corrected chi connectivity index (χ4v) is 2.65. The van der Waals surface area contributed by atoms with E-state index in [9.17, 15) is 0 Å². The maximum atomic E-state index is 5.80. The zero-order valence-corrected chi connectivity index (χ0v) is 12.2. The highest BCUT2D eigenvalue weighted by Crippen LogP contribution is 2.23. The second-order valence-electron chi connectivity index (χ2n) is 4.14. The summed E-state index contributed by atoms with van der Waals surface area (Å²) in [7, 11) is 0. The van der Waals surface area contributed by atoms with Gasteiger partial charge in [0.2, 0.25) is 11.8 Å². The lowest BCUT2D eigenvalue weighted by atomic mass is 10.2. The predicted molar refractivity (Wildman–Crippen MR) is 78.9 cm³/mol. The van der Waals surface area contributed by atoms with Crippen molar-refractivity contribution in [1.82, 2.24) is 15.2 Å². The molecule has 0 amide bonds. The number of thiazole rings is 1. The van der Waals surface area contributed by atoms with Crippen molar-refractivity contribution in [2.45, 2.75) is 13.5 Å². The summed E-state index contributed by atoms with van der Waals surface area (Å²) in [5.74, 6) is 1.07. The van der Waals surface area contributed by atoms with Gasteiger partial charge in [0.05, 0.1) is 6.54 Å². The zero-order chi connectivity index (χ0) is 13.9. The van der Waals surface area contributed by atoms with Gasteiger partial charge in [-0.2, -0.15) is 0 Å². The molecule has 0 saturated carbocycles. The maximum Gasteiger partial charge on any atom is 0.247 e. The molecule has 0 atom stereocenters. The van der Waals surface area contributed by atoms with Crippen molar-refractivity contribution in [3.05, 3.63) is 45.7 Å². The Labute approximate surface area is 124 Å². The molecule has 2 aromatic heterocycles. The molecule has 0 aliphatic carbocycles. The van der Waals surface area contributed by atoms with E-state index >= 15 is 0 Å². The van der Waals surface area contributed by atoms with Gasteiger partial charge in [-0.05, 0) is 18.2 Å². The van der Waals surface area contributed by atoms with Crippen molar-refractivity contribution >= 4 is 28.6 Å². The van der Waals surface area contributed by atoms with Crippen molar-refractivity contribution in [3.8, 4) is 11.5 Å². The van der Waals surface area contributed by atoms with Gasteiger partial charge in [-0.15, -0.1) is 21.5 Å². The Bertz CT molecular complexity index is 724. The zero-order valence-electron chi connectivity index (χ0n) is 10.6.